The largest absolute Gasteiger partial charge is 0.367 e. The molecule has 236 valence electrons. The number of aldehydes is 1. The van der Waals surface area contributed by atoms with Crippen molar-refractivity contribution in [2.24, 2.45) is 0 Å². The Kier molecular flexibility index (Phi) is 24.7. The van der Waals surface area contributed by atoms with E-state index in [1.807, 2.05) is 27.7 Å². The number of hydrogen-bond donors (Lipinski definition) is 3. The van der Waals surface area contributed by atoms with Crippen LogP contribution in [0, 0.1) is 0 Å². The molecule has 2 saturated heterocycles. The van der Waals surface area contributed by atoms with Crippen LogP contribution in [-0.4, -0.2) is 110 Å². The Morgan fingerprint density at radius 2 is 1.66 bits per heavy atom. The fraction of sp³-hybridized carbons (Fsp3) is 0.741. The van der Waals surface area contributed by atoms with Crippen LogP contribution in [0.15, 0.2) is 0 Å². The smallest absolute Gasteiger partial charge is 0.258 e. The predicted molar refractivity (Wildman–Crippen MR) is 156 cm³/mol. The first kappa shape index (κ1) is 40.5. The van der Waals surface area contributed by atoms with Crippen LogP contribution < -0.4 is 16.0 Å². The number of amides is 5. The van der Waals surface area contributed by atoms with Crippen molar-refractivity contribution < 1.29 is 43.0 Å². The lowest BCUT2D eigenvalue weighted by Gasteiger charge is -2.15. The normalized spacial score (nSPS) is 18.2. The second kappa shape index (κ2) is 25.1. The molecule has 0 aromatic rings. The van der Waals surface area contributed by atoms with E-state index in [-0.39, 0.29) is 67.7 Å². The number of likely N-dealkylation sites (N-methyl/N-ethyl adjacent to an activating group) is 2. The average Bonchev–Trinajstić information content (AvgIpc) is 3.43. The van der Waals surface area contributed by atoms with Gasteiger partial charge in [0.1, 0.15) is 24.3 Å². The summed E-state index contributed by atoms with van der Waals surface area (Å²) in [5.74, 6) is -0.989. The summed E-state index contributed by atoms with van der Waals surface area (Å²) in [4.78, 5) is 79.8. The van der Waals surface area contributed by atoms with Crippen molar-refractivity contribution in [3.63, 3.8) is 0 Å². The molecule has 0 aliphatic carbocycles. The van der Waals surface area contributed by atoms with Crippen LogP contribution in [0.5, 0.6) is 0 Å². The number of nitrogens with one attached hydrogen (secondary N) is 3. The lowest BCUT2D eigenvalue weighted by atomic mass is 10.3. The molecule has 0 aromatic heterocycles. The molecule has 2 rings (SSSR count). The minimum Gasteiger partial charge on any atom is -0.367 e. The van der Waals surface area contributed by atoms with E-state index >= 15 is 0 Å². The van der Waals surface area contributed by atoms with E-state index in [1.165, 1.54) is 18.7 Å². The van der Waals surface area contributed by atoms with Crippen LogP contribution in [0.1, 0.15) is 67.2 Å². The minimum absolute atomic E-state index is 0.0231. The number of hydrogen-bond acceptors (Lipinski definition) is 11. The van der Waals surface area contributed by atoms with Crippen molar-refractivity contribution in [1.29, 1.82) is 0 Å². The molecule has 2 fully saturated rings. The third-order valence-corrected chi connectivity index (χ3v) is 6.46. The van der Waals surface area contributed by atoms with E-state index in [4.69, 9.17) is 9.47 Å². The quantitative estimate of drug-likeness (QED) is 0.128. The highest BCUT2D eigenvalue weighted by molar-refractivity contribution is 8.00. The molecule has 2 aliphatic rings. The van der Waals surface area contributed by atoms with Gasteiger partial charge in [-0.05, 0) is 20.9 Å². The summed E-state index contributed by atoms with van der Waals surface area (Å²) >= 11 is 1.26. The van der Waals surface area contributed by atoms with E-state index in [0.717, 1.165) is 4.90 Å². The molecule has 2 aliphatic heterocycles. The van der Waals surface area contributed by atoms with Crippen LogP contribution in [-0.2, 0) is 43.0 Å². The van der Waals surface area contributed by atoms with Gasteiger partial charge in [0.15, 0.2) is 0 Å². The summed E-state index contributed by atoms with van der Waals surface area (Å²) in [6.07, 6.45) is -0.106. The lowest BCUT2D eigenvalue weighted by Crippen LogP contribution is -2.37. The van der Waals surface area contributed by atoms with E-state index in [2.05, 4.69) is 16.0 Å². The number of Topliss-reactive ketones (excluding diaryl/α,β-unsaturated/α-hetero) is 1. The molecule has 0 spiro atoms. The van der Waals surface area contributed by atoms with Gasteiger partial charge in [-0.1, -0.05) is 27.7 Å². The molecular weight excluding hydrogens is 556 g/mol. The molecule has 41 heavy (non-hydrogen) atoms. The molecule has 0 saturated carbocycles. The van der Waals surface area contributed by atoms with Crippen LogP contribution >= 0.6 is 11.8 Å². The first-order chi connectivity index (χ1) is 19.6. The Labute approximate surface area is 247 Å². The molecule has 2 heterocycles. The zero-order valence-corrected chi connectivity index (χ0v) is 26.2. The molecular formula is C27H48N4O9S. The second-order valence-electron chi connectivity index (χ2n) is 8.12. The minimum atomic E-state index is -0.792. The van der Waals surface area contributed by atoms with Crippen molar-refractivity contribution in [3.05, 3.63) is 0 Å². The first-order valence-electron chi connectivity index (χ1n) is 14.0. The summed E-state index contributed by atoms with van der Waals surface area (Å²) in [5.41, 5.74) is 0. The zero-order valence-electron chi connectivity index (χ0n) is 25.4. The second-order valence-corrected chi connectivity index (χ2v) is 9.43. The summed E-state index contributed by atoms with van der Waals surface area (Å²) in [6, 6.07) is 0. The van der Waals surface area contributed by atoms with Gasteiger partial charge in [0.05, 0.1) is 31.3 Å². The van der Waals surface area contributed by atoms with E-state index in [9.17, 15) is 33.6 Å². The molecule has 0 radical (unpaired) electrons. The monoisotopic (exact) mass is 604 g/mol. The maximum absolute atomic E-state index is 12.1. The third-order valence-electron chi connectivity index (χ3n) is 5.21. The number of thioether (sulfide) groups is 1. The van der Waals surface area contributed by atoms with Crippen molar-refractivity contribution in [2.75, 3.05) is 45.6 Å². The molecule has 3 unspecified atom stereocenters. The summed E-state index contributed by atoms with van der Waals surface area (Å²) in [5, 5.41) is 7.14. The van der Waals surface area contributed by atoms with Gasteiger partial charge in [0, 0.05) is 38.2 Å². The number of imide groups is 2. The Bertz CT molecular complexity index is 842. The van der Waals surface area contributed by atoms with Gasteiger partial charge in [-0.3, -0.25) is 39.0 Å². The van der Waals surface area contributed by atoms with Gasteiger partial charge in [-0.25, -0.2) is 0 Å². The maximum atomic E-state index is 12.1. The number of rotatable bonds is 16. The van der Waals surface area contributed by atoms with Crippen molar-refractivity contribution in [2.45, 2.75) is 84.7 Å². The topological polar surface area (TPSA) is 177 Å². The number of ketones is 1. The fourth-order valence-electron chi connectivity index (χ4n) is 3.26. The number of ether oxygens (including phenoxy) is 2. The maximum Gasteiger partial charge on any atom is 0.258 e. The molecule has 14 heteroatoms. The highest BCUT2D eigenvalue weighted by Crippen LogP contribution is 2.17. The zero-order chi connectivity index (χ0) is 31.8. The Morgan fingerprint density at radius 1 is 1.05 bits per heavy atom. The van der Waals surface area contributed by atoms with Crippen LogP contribution in [0.25, 0.3) is 0 Å². The standard InChI is InChI=1S/C16H24N2O6S.C7H12N2O3.2C2H6/c1-3-18-14(21)10-12(16(18)23)24-8-6-17-15(22)13(4-7-19)25-9-5-11(2)20;1-8-2-3-12-5-4-6(10)9-7(5)11;2*1-2/h7,12-13H,3-6,8-10H2,1-2H3,(H,17,22);5,8H,2-4H2,1H3,(H,9,10,11);2*1-2H3. The molecule has 3 atom stereocenters. The Balaban J connectivity index is 0. The van der Waals surface area contributed by atoms with Crippen molar-refractivity contribution >= 4 is 53.4 Å². The van der Waals surface area contributed by atoms with Crippen LogP contribution in [0.4, 0.5) is 0 Å². The van der Waals surface area contributed by atoms with Crippen molar-refractivity contribution in [3.8, 4) is 0 Å². The van der Waals surface area contributed by atoms with Gasteiger partial charge in [0.25, 0.3) is 11.8 Å². The predicted octanol–water partition coefficient (Wildman–Crippen LogP) is 0.626. The molecule has 0 aromatic carbocycles. The molecule has 5 amide bonds. The van der Waals surface area contributed by atoms with Gasteiger partial charge in [-0.15, -0.1) is 11.8 Å². The summed E-state index contributed by atoms with van der Waals surface area (Å²) in [6.45, 7) is 12.9. The number of nitrogens with zero attached hydrogens (tertiary/aromatic N) is 1. The Hall–Kier alpha value is -2.68. The van der Waals surface area contributed by atoms with E-state index in [1.54, 1.807) is 14.0 Å². The molecule has 0 bridgehead atoms. The molecule has 3 N–H and O–H groups in total. The average molecular weight is 605 g/mol. The first-order valence-corrected chi connectivity index (χ1v) is 15.1. The van der Waals surface area contributed by atoms with Gasteiger partial charge >= 0.3 is 0 Å². The van der Waals surface area contributed by atoms with Crippen LogP contribution in [0.2, 0.25) is 0 Å². The highest BCUT2D eigenvalue weighted by atomic mass is 32.2. The summed E-state index contributed by atoms with van der Waals surface area (Å²) < 4.78 is 10.5. The SMILES string of the molecule is CC.CC.CCN1C(=O)CC(OCCNC(=O)C(CC=O)SCCC(C)=O)C1=O.CNCCOC1CC(=O)NC1=O. The number of likely N-dealkylation sites (tertiary alicyclic amines) is 1. The lowest BCUT2D eigenvalue weighted by molar-refractivity contribution is -0.141. The fourth-order valence-corrected chi connectivity index (χ4v) is 4.39. The molecule has 13 nitrogen and oxygen atoms in total. The van der Waals surface area contributed by atoms with Gasteiger partial charge in [0.2, 0.25) is 17.7 Å². The number of carbonyl (C=O) groups is 7. The number of carbonyl (C=O) groups excluding carboxylic acids is 7. The van der Waals surface area contributed by atoms with Gasteiger partial charge < -0.3 is 24.9 Å². The van der Waals surface area contributed by atoms with Gasteiger partial charge in [-0.2, -0.15) is 0 Å². The highest BCUT2D eigenvalue weighted by Gasteiger charge is 2.38. The van der Waals surface area contributed by atoms with E-state index < -0.39 is 17.5 Å². The Morgan fingerprint density at radius 3 is 2.15 bits per heavy atom. The van der Waals surface area contributed by atoms with E-state index in [0.29, 0.717) is 38.2 Å². The van der Waals surface area contributed by atoms with Crippen LogP contribution in [0.3, 0.4) is 0 Å². The summed E-state index contributed by atoms with van der Waals surface area (Å²) in [7, 11) is 1.79. The third kappa shape index (κ3) is 17.0. The van der Waals surface area contributed by atoms with Crippen molar-refractivity contribution in [1.82, 2.24) is 20.9 Å².